The zero-order valence-corrected chi connectivity index (χ0v) is 16.5. The highest BCUT2D eigenvalue weighted by Gasteiger charge is 2.22. The second-order valence-corrected chi connectivity index (χ2v) is 6.88. The molecule has 0 atom stereocenters. The number of para-hydroxylation sites is 1. The van der Waals surface area contributed by atoms with Gasteiger partial charge in [-0.05, 0) is 55.0 Å². The van der Waals surface area contributed by atoms with Gasteiger partial charge in [-0.3, -0.25) is 14.2 Å². The zero-order chi connectivity index (χ0) is 21.1. The van der Waals surface area contributed by atoms with Gasteiger partial charge in [0.05, 0.1) is 6.54 Å². The maximum atomic E-state index is 13.3. The summed E-state index contributed by atoms with van der Waals surface area (Å²) in [5, 5.41) is 0.687. The third-order valence-electron chi connectivity index (χ3n) is 4.96. The molecule has 1 amide bonds. The lowest BCUT2D eigenvalue weighted by molar-refractivity contribution is 0.0986. The highest BCUT2D eigenvalue weighted by atomic mass is 19.1. The number of aromatic nitrogens is 2. The van der Waals surface area contributed by atoms with Gasteiger partial charge in [0.2, 0.25) is 0 Å². The van der Waals surface area contributed by atoms with E-state index in [1.54, 1.807) is 35.4 Å². The van der Waals surface area contributed by atoms with Gasteiger partial charge in [0.15, 0.2) is 0 Å². The fraction of sp³-hybridized carbons (Fsp3) is 0.125. The third kappa shape index (κ3) is 3.72. The number of nitrogens with zero attached hydrogens (tertiary/aromatic N) is 3. The van der Waals surface area contributed by atoms with Crippen molar-refractivity contribution in [1.82, 2.24) is 9.55 Å². The van der Waals surface area contributed by atoms with E-state index >= 15 is 0 Å². The van der Waals surface area contributed by atoms with Gasteiger partial charge < -0.3 is 4.90 Å². The molecule has 0 bridgehead atoms. The van der Waals surface area contributed by atoms with Crippen molar-refractivity contribution in [3.05, 3.63) is 106 Å². The Labute approximate surface area is 173 Å². The van der Waals surface area contributed by atoms with Crippen LogP contribution in [0.4, 0.5) is 10.1 Å². The summed E-state index contributed by atoms with van der Waals surface area (Å²) in [6.07, 6.45) is 1.60. The van der Waals surface area contributed by atoms with Crippen molar-refractivity contribution in [3.8, 4) is 0 Å². The van der Waals surface area contributed by atoms with Gasteiger partial charge >= 0.3 is 0 Å². The van der Waals surface area contributed by atoms with Gasteiger partial charge in [-0.25, -0.2) is 9.37 Å². The Morgan fingerprint density at radius 1 is 1.03 bits per heavy atom. The van der Waals surface area contributed by atoms with E-state index in [9.17, 15) is 14.0 Å². The van der Waals surface area contributed by atoms with Crippen LogP contribution in [0.1, 0.15) is 22.8 Å². The minimum absolute atomic E-state index is 0.0725. The van der Waals surface area contributed by atoms with Crippen molar-refractivity contribution < 1.29 is 9.18 Å². The first-order valence-corrected chi connectivity index (χ1v) is 9.68. The number of benzene rings is 2. The first-order valence-electron chi connectivity index (χ1n) is 9.68. The van der Waals surface area contributed by atoms with E-state index in [-0.39, 0.29) is 23.8 Å². The molecule has 0 aliphatic carbocycles. The summed E-state index contributed by atoms with van der Waals surface area (Å²) in [6, 6.07) is 20.3. The molecule has 0 N–H and O–H groups in total. The largest absolute Gasteiger partial charge is 0.308 e. The molecule has 5 nitrogen and oxygen atoms in total. The highest BCUT2D eigenvalue weighted by molar-refractivity contribution is 6.07. The van der Waals surface area contributed by atoms with Crippen molar-refractivity contribution >= 4 is 22.6 Å². The molecule has 0 fully saturated rings. The van der Waals surface area contributed by atoms with Gasteiger partial charge in [0.25, 0.3) is 11.5 Å². The van der Waals surface area contributed by atoms with Crippen molar-refractivity contribution in [1.29, 1.82) is 0 Å². The van der Waals surface area contributed by atoms with Crippen LogP contribution < -0.4 is 10.5 Å². The minimum atomic E-state index is -0.426. The van der Waals surface area contributed by atoms with E-state index in [2.05, 4.69) is 4.98 Å². The average Bonchev–Trinajstić information content (AvgIpc) is 2.78. The molecule has 0 unspecified atom stereocenters. The van der Waals surface area contributed by atoms with Gasteiger partial charge in [0, 0.05) is 23.8 Å². The van der Waals surface area contributed by atoms with Crippen molar-refractivity contribution in [2.75, 3.05) is 11.4 Å². The van der Waals surface area contributed by atoms with Crippen LogP contribution in [0.3, 0.4) is 0 Å². The summed E-state index contributed by atoms with van der Waals surface area (Å²) >= 11 is 0. The predicted molar refractivity (Wildman–Crippen MR) is 115 cm³/mol. The lowest BCUT2D eigenvalue weighted by Crippen LogP contribution is -2.37. The summed E-state index contributed by atoms with van der Waals surface area (Å²) in [5.41, 5.74) is 1.59. The molecule has 4 aromatic rings. The molecule has 0 saturated heterocycles. The number of fused-ring (bicyclic) bond motifs is 1. The molecular weight excluding hydrogens is 381 g/mol. The second kappa shape index (κ2) is 8.29. The van der Waals surface area contributed by atoms with Crippen LogP contribution in [0.2, 0.25) is 0 Å². The zero-order valence-electron chi connectivity index (χ0n) is 16.5. The quantitative estimate of drug-likeness (QED) is 0.502. The maximum absolute atomic E-state index is 13.3. The lowest BCUT2D eigenvalue weighted by atomic mass is 10.1. The Kier molecular flexibility index (Phi) is 5.39. The van der Waals surface area contributed by atoms with Crippen LogP contribution in [0.15, 0.2) is 83.8 Å². The molecule has 0 saturated carbocycles. The van der Waals surface area contributed by atoms with E-state index < -0.39 is 5.56 Å². The van der Waals surface area contributed by atoms with Gasteiger partial charge in [0.1, 0.15) is 17.0 Å². The summed E-state index contributed by atoms with van der Waals surface area (Å²) in [7, 11) is 0. The topological polar surface area (TPSA) is 55.2 Å². The molecule has 4 rings (SSSR count). The van der Waals surface area contributed by atoms with Crippen LogP contribution >= 0.6 is 0 Å². The van der Waals surface area contributed by atoms with Crippen LogP contribution in [0, 0.1) is 5.82 Å². The van der Waals surface area contributed by atoms with Crippen LogP contribution in [-0.2, 0) is 6.54 Å². The number of carbonyl (C=O) groups is 1. The first-order chi connectivity index (χ1) is 14.6. The molecular formula is C24H20FN3O2. The standard InChI is InChI=1S/C24H20FN3O2/c1-2-27(20-8-4-3-5-9-20)23(29)21-15-18-7-6-14-26-22(18)28(24(21)30)16-17-10-12-19(25)13-11-17/h3-15H,2,16H2,1H3. The van der Waals surface area contributed by atoms with Crippen LogP contribution in [-0.4, -0.2) is 22.0 Å². The third-order valence-corrected chi connectivity index (χ3v) is 4.96. The number of amides is 1. The van der Waals surface area contributed by atoms with E-state index in [1.165, 1.54) is 16.7 Å². The predicted octanol–water partition coefficient (Wildman–Crippen LogP) is 4.25. The molecule has 2 aromatic heterocycles. The first kappa shape index (κ1) is 19.5. The second-order valence-electron chi connectivity index (χ2n) is 6.88. The fourth-order valence-electron chi connectivity index (χ4n) is 3.48. The Hall–Kier alpha value is -3.80. The average molecular weight is 401 g/mol. The number of carbonyl (C=O) groups excluding carboxylic acids is 1. The molecule has 150 valence electrons. The summed E-state index contributed by atoms with van der Waals surface area (Å²) in [5.74, 6) is -0.716. The fourth-order valence-corrected chi connectivity index (χ4v) is 3.48. The van der Waals surface area contributed by atoms with E-state index in [1.807, 2.05) is 43.3 Å². The molecule has 30 heavy (non-hydrogen) atoms. The maximum Gasteiger partial charge on any atom is 0.265 e. The van der Waals surface area contributed by atoms with Crippen LogP contribution in [0.5, 0.6) is 0 Å². The van der Waals surface area contributed by atoms with E-state index in [0.29, 0.717) is 17.6 Å². The SMILES string of the molecule is CCN(C(=O)c1cc2cccnc2n(Cc2ccc(F)cc2)c1=O)c1ccccc1. The molecule has 0 radical (unpaired) electrons. The number of halogens is 1. The minimum Gasteiger partial charge on any atom is -0.308 e. The monoisotopic (exact) mass is 401 g/mol. The molecule has 0 aliphatic heterocycles. The normalized spacial score (nSPS) is 10.9. The summed E-state index contributed by atoms with van der Waals surface area (Å²) in [4.78, 5) is 32.6. The number of anilines is 1. The molecule has 0 spiro atoms. The summed E-state index contributed by atoms with van der Waals surface area (Å²) in [6.45, 7) is 2.47. The van der Waals surface area contributed by atoms with Crippen molar-refractivity contribution in [2.24, 2.45) is 0 Å². The number of rotatable bonds is 5. The van der Waals surface area contributed by atoms with E-state index in [0.717, 1.165) is 11.3 Å². The smallest absolute Gasteiger partial charge is 0.265 e. The molecule has 0 aliphatic rings. The number of hydrogen-bond acceptors (Lipinski definition) is 3. The van der Waals surface area contributed by atoms with Crippen molar-refractivity contribution in [2.45, 2.75) is 13.5 Å². The molecule has 2 heterocycles. The highest BCUT2D eigenvalue weighted by Crippen LogP contribution is 2.18. The Morgan fingerprint density at radius 2 is 1.77 bits per heavy atom. The molecule has 2 aromatic carbocycles. The van der Waals surface area contributed by atoms with Gasteiger partial charge in [-0.2, -0.15) is 0 Å². The Morgan fingerprint density at radius 3 is 2.47 bits per heavy atom. The van der Waals surface area contributed by atoms with Crippen molar-refractivity contribution in [3.63, 3.8) is 0 Å². The number of pyridine rings is 2. The van der Waals surface area contributed by atoms with E-state index in [4.69, 9.17) is 0 Å². The number of hydrogen-bond donors (Lipinski definition) is 0. The van der Waals surface area contributed by atoms with Gasteiger partial charge in [-0.1, -0.05) is 30.3 Å². The summed E-state index contributed by atoms with van der Waals surface area (Å²) < 4.78 is 14.8. The van der Waals surface area contributed by atoms with Crippen LogP contribution in [0.25, 0.3) is 11.0 Å². The molecule has 6 heteroatoms. The van der Waals surface area contributed by atoms with Gasteiger partial charge in [-0.15, -0.1) is 0 Å². The Bertz CT molecular complexity index is 1250. The Balaban J connectivity index is 1.84. The lowest BCUT2D eigenvalue weighted by Gasteiger charge is -2.21.